The molecule has 3 aromatic carbocycles. The summed E-state index contributed by atoms with van der Waals surface area (Å²) in [5.74, 6) is 0.834. The van der Waals surface area contributed by atoms with E-state index in [0.717, 1.165) is 34.9 Å². The molecule has 1 aliphatic rings. The number of nitrogens with zero attached hydrogens (tertiary/aromatic N) is 3. The summed E-state index contributed by atoms with van der Waals surface area (Å²) in [6, 6.07) is 27.4. The Bertz CT molecular complexity index is 1240. The highest BCUT2D eigenvalue weighted by Gasteiger charge is 2.30. The van der Waals surface area contributed by atoms with Crippen LogP contribution in [-0.2, 0) is 0 Å². The second-order valence-corrected chi connectivity index (χ2v) is 9.71. The van der Waals surface area contributed by atoms with Crippen molar-refractivity contribution < 1.29 is 4.79 Å². The number of hydrogen-bond donors (Lipinski definition) is 0. The fourth-order valence-corrected chi connectivity index (χ4v) is 5.84. The number of ketones is 1. The smallest absolute Gasteiger partial charge is 0.192 e. The first kappa shape index (κ1) is 21.9. The van der Waals surface area contributed by atoms with Gasteiger partial charge in [-0.3, -0.25) is 9.36 Å². The van der Waals surface area contributed by atoms with Gasteiger partial charge in [0.15, 0.2) is 16.8 Å². The van der Waals surface area contributed by atoms with Crippen LogP contribution >= 0.6 is 23.4 Å². The van der Waals surface area contributed by atoms with Crippen molar-refractivity contribution in [1.82, 2.24) is 14.8 Å². The van der Waals surface area contributed by atoms with E-state index in [9.17, 15) is 4.79 Å². The zero-order chi connectivity index (χ0) is 22.6. The molecule has 1 aliphatic carbocycles. The fraction of sp³-hybridized carbons (Fsp3) is 0.222. The van der Waals surface area contributed by atoms with Crippen molar-refractivity contribution in [1.29, 1.82) is 0 Å². The molecule has 6 heteroatoms. The van der Waals surface area contributed by atoms with Crippen molar-refractivity contribution in [2.75, 3.05) is 0 Å². The number of carbonyl (C=O) groups is 1. The van der Waals surface area contributed by atoms with Crippen molar-refractivity contribution in [3.63, 3.8) is 0 Å². The SMILES string of the molecule is O=C(c1ccccc1)C(Sc1nnc(-c2ccccc2Cl)n1C1CCCC1)c1ccccc1. The fourth-order valence-electron chi connectivity index (χ4n) is 4.44. The van der Waals surface area contributed by atoms with Gasteiger partial charge in [-0.25, -0.2) is 0 Å². The minimum absolute atomic E-state index is 0.0621. The molecule has 5 rings (SSSR count). The predicted molar refractivity (Wildman–Crippen MR) is 134 cm³/mol. The maximum Gasteiger partial charge on any atom is 0.192 e. The van der Waals surface area contributed by atoms with E-state index in [1.54, 1.807) is 0 Å². The van der Waals surface area contributed by atoms with Crippen LogP contribution in [-0.4, -0.2) is 20.5 Å². The lowest BCUT2D eigenvalue weighted by atomic mass is 10.0. The Morgan fingerprint density at radius 2 is 1.52 bits per heavy atom. The van der Waals surface area contributed by atoms with E-state index < -0.39 is 5.25 Å². The van der Waals surface area contributed by atoms with E-state index >= 15 is 0 Å². The molecule has 1 aromatic heterocycles. The lowest BCUT2D eigenvalue weighted by Gasteiger charge is -2.20. The van der Waals surface area contributed by atoms with Gasteiger partial charge in [-0.2, -0.15) is 0 Å². The summed E-state index contributed by atoms with van der Waals surface area (Å²) in [7, 11) is 0. The third-order valence-electron chi connectivity index (χ3n) is 6.09. The van der Waals surface area contributed by atoms with Crippen LogP contribution in [0.25, 0.3) is 11.4 Å². The Hall–Kier alpha value is -2.89. The molecule has 0 saturated heterocycles. The molecule has 0 bridgehead atoms. The molecule has 166 valence electrons. The number of aromatic nitrogens is 3. The van der Waals surface area contributed by atoms with Crippen LogP contribution in [0.15, 0.2) is 90.1 Å². The number of hydrogen-bond acceptors (Lipinski definition) is 4. The molecule has 0 radical (unpaired) electrons. The predicted octanol–water partition coefficient (Wildman–Crippen LogP) is 7.43. The van der Waals surface area contributed by atoms with Crippen molar-refractivity contribution in [3.8, 4) is 11.4 Å². The molecular formula is C27H24ClN3OS. The second-order valence-electron chi connectivity index (χ2n) is 8.23. The van der Waals surface area contributed by atoms with E-state index in [1.165, 1.54) is 24.6 Å². The van der Waals surface area contributed by atoms with Crippen LogP contribution in [0.5, 0.6) is 0 Å². The van der Waals surface area contributed by atoms with Gasteiger partial charge >= 0.3 is 0 Å². The number of thioether (sulfide) groups is 1. The van der Waals surface area contributed by atoms with Crippen molar-refractivity contribution >= 4 is 29.1 Å². The van der Waals surface area contributed by atoms with Crippen molar-refractivity contribution in [3.05, 3.63) is 101 Å². The number of benzene rings is 3. The van der Waals surface area contributed by atoms with Gasteiger partial charge in [0.2, 0.25) is 0 Å². The van der Waals surface area contributed by atoms with Gasteiger partial charge in [0.1, 0.15) is 5.25 Å². The van der Waals surface area contributed by atoms with E-state index in [2.05, 4.69) is 14.8 Å². The van der Waals surface area contributed by atoms with E-state index in [0.29, 0.717) is 16.6 Å². The first-order chi connectivity index (χ1) is 16.2. The summed E-state index contributed by atoms with van der Waals surface area (Å²) >= 11 is 8.01. The number of rotatable bonds is 7. The summed E-state index contributed by atoms with van der Waals surface area (Å²) in [5, 5.41) is 10.1. The van der Waals surface area contributed by atoms with Gasteiger partial charge in [-0.1, -0.05) is 109 Å². The van der Waals surface area contributed by atoms with Crippen LogP contribution in [0.1, 0.15) is 52.9 Å². The third kappa shape index (κ3) is 4.61. The van der Waals surface area contributed by atoms with E-state index in [4.69, 9.17) is 11.6 Å². The zero-order valence-electron chi connectivity index (χ0n) is 18.1. The summed E-state index contributed by atoms with van der Waals surface area (Å²) in [6.45, 7) is 0. The molecule has 1 unspecified atom stereocenters. The molecule has 0 amide bonds. The maximum atomic E-state index is 13.6. The molecule has 33 heavy (non-hydrogen) atoms. The second kappa shape index (κ2) is 9.94. The molecule has 4 aromatic rings. The minimum atomic E-state index is -0.419. The average molecular weight is 474 g/mol. The minimum Gasteiger partial charge on any atom is -0.299 e. The van der Waals surface area contributed by atoms with Gasteiger partial charge in [-0.15, -0.1) is 10.2 Å². The Morgan fingerprint density at radius 1 is 0.879 bits per heavy atom. The highest BCUT2D eigenvalue weighted by atomic mass is 35.5. The first-order valence-corrected chi connectivity index (χ1v) is 12.5. The lowest BCUT2D eigenvalue weighted by Crippen LogP contribution is -2.13. The molecular weight excluding hydrogens is 450 g/mol. The topological polar surface area (TPSA) is 47.8 Å². The van der Waals surface area contributed by atoms with Crippen LogP contribution in [0.3, 0.4) is 0 Å². The first-order valence-electron chi connectivity index (χ1n) is 11.2. The molecule has 0 aliphatic heterocycles. The molecule has 1 saturated carbocycles. The third-order valence-corrected chi connectivity index (χ3v) is 7.63. The molecule has 1 atom stereocenters. The molecule has 1 fully saturated rings. The quantitative estimate of drug-likeness (QED) is 0.207. The van der Waals surface area contributed by atoms with Gasteiger partial charge in [0, 0.05) is 17.2 Å². The summed E-state index contributed by atoms with van der Waals surface area (Å²) in [6.07, 6.45) is 4.51. The summed E-state index contributed by atoms with van der Waals surface area (Å²) in [5.41, 5.74) is 2.52. The maximum absolute atomic E-state index is 13.6. The van der Waals surface area contributed by atoms with Crippen LogP contribution < -0.4 is 0 Å². The molecule has 0 N–H and O–H groups in total. The van der Waals surface area contributed by atoms with Gasteiger partial charge < -0.3 is 0 Å². The van der Waals surface area contributed by atoms with Gasteiger partial charge in [0.25, 0.3) is 0 Å². The van der Waals surface area contributed by atoms with Crippen LogP contribution in [0.2, 0.25) is 5.02 Å². The molecule has 1 heterocycles. The largest absolute Gasteiger partial charge is 0.299 e. The molecule has 4 nitrogen and oxygen atoms in total. The number of halogens is 1. The Balaban J connectivity index is 1.58. The zero-order valence-corrected chi connectivity index (χ0v) is 19.7. The van der Waals surface area contributed by atoms with Gasteiger partial charge in [0.05, 0.1) is 5.02 Å². The average Bonchev–Trinajstić information content (AvgIpc) is 3.53. The Labute approximate surface area is 203 Å². The highest BCUT2D eigenvalue weighted by molar-refractivity contribution is 8.00. The summed E-state index contributed by atoms with van der Waals surface area (Å²) < 4.78 is 2.22. The van der Waals surface area contributed by atoms with Gasteiger partial charge in [-0.05, 0) is 30.5 Å². The van der Waals surface area contributed by atoms with Crippen LogP contribution in [0.4, 0.5) is 0 Å². The normalized spacial score (nSPS) is 14.9. The monoisotopic (exact) mass is 473 g/mol. The number of Topliss-reactive ketones (excluding diaryl/α,β-unsaturated/α-hetero) is 1. The van der Waals surface area contributed by atoms with Crippen LogP contribution in [0, 0.1) is 0 Å². The van der Waals surface area contributed by atoms with Crippen molar-refractivity contribution in [2.45, 2.75) is 42.1 Å². The Morgan fingerprint density at radius 3 is 2.21 bits per heavy atom. The highest BCUT2D eigenvalue weighted by Crippen LogP contribution is 2.43. The Kier molecular flexibility index (Phi) is 6.60. The standard InChI is InChI=1S/C27H24ClN3OS/c28-23-18-10-9-17-22(23)26-29-30-27(31(26)21-15-7-8-16-21)33-25(20-13-5-2-6-14-20)24(32)19-11-3-1-4-12-19/h1-6,9-14,17-18,21,25H,7-8,15-16H2. The lowest BCUT2D eigenvalue weighted by molar-refractivity contribution is 0.0989. The molecule has 0 spiro atoms. The van der Waals surface area contributed by atoms with E-state index in [1.807, 2.05) is 84.9 Å². The summed E-state index contributed by atoms with van der Waals surface area (Å²) in [4.78, 5) is 13.6. The van der Waals surface area contributed by atoms with E-state index in [-0.39, 0.29) is 5.78 Å². The number of carbonyl (C=O) groups excluding carboxylic acids is 1. The van der Waals surface area contributed by atoms with Crippen molar-refractivity contribution in [2.24, 2.45) is 0 Å².